The first-order valence-electron chi connectivity index (χ1n) is 7.72. The lowest BCUT2D eigenvalue weighted by atomic mass is 10.3. The number of hydrogen-bond donors (Lipinski definition) is 1. The minimum Gasteiger partial charge on any atom is -0.350 e. The zero-order valence-corrected chi connectivity index (χ0v) is 14.9. The van der Waals surface area contributed by atoms with Crippen molar-refractivity contribution in [3.8, 4) is 0 Å². The van der Waals surface area contributed by atoms with Crippen LogP contribution in [0.2, 0.25) is 0 Å². The number of thiazole rings is 1. The molecule has 0 unspecified atom stereocenters. The van der Waals surface area contributed by atoms with Crippen molar-refractivity contribution in [2.45, 2.75) is 13.5 Å². The van der Waals surface area contributed by atoms with E-state index in [2.05, 4.69) is 20.4 Å². The number of anilines is 1. The summed E-state index contributed by atoms with van der Waals surface area (Å²) in [5.41, 5.74) is 0.836. The summed E-state index contributed by atoms with van der Waals surface area (Å²) in [4.78, 5) is 26.0. The van der Waals surface area contributed by atoms with Crippen LogP contribution in [0.3, 0.4) is 0 Å². The molecule has 1 aliphatic rings. The molecule has 0 spiro atoms. The molecule has 1 amide bonds. The average molecular weight is 347 g/mol. The van der Waals surface area contributed by atoms with Crippen LogP contribution < -0.4 is 10.2 Å². The van der Waals surface area contributed by atoms with Crippen LogP contribution in [0.15, 0.2) is 23.6 Å². The molecule has 0 bridgehead atoms. The van der Waals surface area contributed by atoms with E-state index in [0.717, 1.165) is 23.2 Å². The molecule has 9 heteroatoms. The zero-order valence-electron chi connectivity index (χ0n) is 14.1. The number of aryl methyl sites for hydroxylation is 2. The van der Waals surface area contributed by atoms with Crippen LogP contribution in [0.5, 0.6) is 0 Å². The maximum atomic E-state index is 12.5. The lowest BCUT2D eigenvalue weighted by molar-refractivity contribution is -0.120. The maximum absolute atomic E-state index is 12.5. The van der Waals surface area contributed by atoms with E-state index in [0.29, 0.717) is 19.6 Å². The third-order valence-corrected chi connectivity index (χ3v) is 4.71. The predicted molar refractivity (Wildman–Crippen MR) is 94.2 cm³/mol. The third kappa shape index (κ3) is 3.56. The Morgan fingerprint density at radius 1 is 1.42 bits per heavy atom. The molecule has 0 aromatic carbocycles. The van der Waals surface area contributed by atoms with Crippen molar-refractivity contribution in [1.82, 2.24) is 25.0 Å². The molecule has 0 atom stereocenters. The standard InChI is InChI=1S/C15H21N7OS/c1-11-6-17-13(24-11)8-18-15(16-2)21-4-5-22(14(23)10-21)12-7-19-20(3)9-12/h6-7,9H,4-5,8,10H2,1-3H3,(H,16,18). The van der Waals surface area contributed by atoms with Gasteiger partial charge in [0.15, 0.2) is 5.96 Å². The van der Waals surface area contributed by atoms with Gasteiger partial charge >= 0.3 is 0 Å². The van der Waals surface area contributed by atoms with Gasteiger partial charge in [0.2, 0.25) is 5.91 Å². The van der Waals surface area contributed by atoms with Gasteiger partial charge in [0.05, 0.1) is 18.4 Å². The molecule has 1 fully saturated rings. The Balaban J connectivity index is 1.60. The van der Waals surface area contributed by atoms with Gasteiger partial charge in [-0.15, -0.1) is 11.3 Å². The van der Waals surface area contributed by atoms with Gasteiger partial charge in [0.25, 0.3) is 0 Å². The predicted octanol–water partition coefficient (Wildman–Crippen LogP) is 0.609. The van der Waals surface area contributed by atoms with Crippen LogP contribution in [0.4, 0.5) is 5.69 Å². The summed E-state index contributed by atoms with van der Waals surface area (Å²) >= 11 is 1.66. The second kappa shape index (κ2) is 7.00. The van der Waals surface area contributed by atoms with E-state index >= 15 is 0 Å². The molecule has 3 rings (SSSR count). The molecule has 2 aromatic heterocycles. The van der Waals surface area contributed by atoms with Crippen LogP contribution in [0.1, 0.15) is 9.88 Å². The number of rotatable bonds is 3. The highest BCUT2D eigenvalue weighted by Crippen LogP contribution is 2.16. The highest BCUT2D eigenvalue weighted by atomic mass is 32.1. The van der Waals surface area contributed by atoms with Crippen molar-refractivity contribution < 1.29 is 4.79 Å². The first-order chi connectivity index (χ1) is 11.6. The molecular weight excluding hydrogens is 326 g/mol. The summed E-state index contributed by atoms with van der Waals surface area (Å²) in [6.45, 7) is 4.28. The van der Waals surface area contributed by atoms with Gasteiger partial charge in [-0.05, 0) is 6.92 Å². The molecule has 24 heavy (non-hydrogen) atoms. The molecule has 1 N–H and O–H groups in total. The van der Waals surface area contributed by atoms with E-state index in [1.54, 1.807) is 34.2 Å². The monoisotopic (exact) mass is 347 g/mol. The van der Waals surface area contributed by atoms with Gasteiger partial charge in [0, 0.05) is 44.5 Å². The highest BCUT2D eigenvalue weighted by molar-refractivity contribution is 7.11. The van der Waals surface area contributed by atoms with Crippen molar-refractivity contribution in [3.63, 3.8) is 0 Å². The van der Waals surface area contributed by atoms with E-state index < -0.39 is 0 Å². The van der Waals surface area contributed by atoms with Gasteiger partial charge in [0.1, 0.15) is 11.6 Å². The van der Waals surface area contributed by atoms with Crippen molar-refractivity contribution >= 4 is 28.9 Å². The van der Waals surface area contributed by atoms with Crippen LogP contribution in [0.25, 0.3) is 0 Å². The van der Waals surface area contributed by atoms with E-state index in [1.165, 1.54) is 4.88 Å². The second-order valence-electron chi connectivity index (χ2n) is 5.60. The number of nitrogens with zero attached hydrogens (tertiary/aromatic N) is 6. The average Bonchev–Trinajstić information content (AvgIpc) is 3.16. The number of guanidine groups is 1. The fraction of sp³-hybridized carbons (Fsp3) is 0.467. The maximum Gasteiger partial charge on any atom is 0.246 e. The molecule has 2 aromatic rings. The van der Waals surface area contributed by atoms with Gasteiger partial charge in [-0.1, -0.05) is 0 Å². The van der Waals surface area contributed by atoms with Crippen LogP contribution >= 0.6 is 11.3 Å². The normalized spacial score (nSPS) is 16.0. The topological polar surface area (TPSA) is 78.7 Å². The summed E-state index contributed by atoms with van der Waals surface area (Å²) in [6, 6.07) is 0. The number of nitrogens with one attached hydrogen (secondary N) is 1. The molecule has 0 aliphatic carbocycles. The number of aromatic nitrogens is 3. The van der Waals surface area contributed by atoms with Crippen molar-refractivity contribution in [3.05, 3.63) is 28.5 Å². The third-order valence-electron chi connectivity index (χ3n) is 3.80. The number of carbonyl (C=O) groups excluding carboxylic acids is 1. The SMILES string of the molecule is CN=C(NCc1ncc(C)s1)N1CCN(c2cnn(C)c2)C(=O)C1. The molecule has 3 heterocycles. The van der Waals surface area contributed by atoms with E-state index in [-0.39, 0.29) is 5.91 Å². The Morgan fingerprint density at radius 3 is 2.83 bits per heavy atom. The van der Waals surface area contributed by atoms with Crippen molar-refractivity contribution in [2.24, 2.45) is 12.0 Å². The molecule has 128 valence electrons. The fourth-order valence-electron chi connectivity index (χ4n) is 2.64. The first-order valence-corrected chi connectivity index (χ1v) is 8.54. The Bertz CT molecular complexity index is 751. The minimum atomic E-state index is 0.0438. The Morgan fingerprint density at radius 2 is 2.25 bits per heavy atom. The van der Waals surface area contributed by atoms with Crippen molar-refractivity contribution in [1.29, 1.82) is 0 Å². The van der Waals surface area contributed by atoms with Gasteiger partial charge < -0.3 is 15.1 Å². The molecule has 0 saturated carbocycles. The fourth-order valence-corrected chi connectivity index (χ4v) is 3.37. The zero-order chi connectivity index (χ0) is 17.1. The van der Waals surface area contributed by atoms with Gasteiger partial charge in [-0.25, -0.2) is 4.98 Å². The molecule has 0 radical (unpaired) electrons. The number of aliphatic imine (C=N–C) groups is 1. The quantitative estimate of drug-likeness (QED) is 0.650. The summed E-state index contributed by atoms with van der Waals surface area (Å²) in [5, 5.41) is 8.42. The Hall–Kier alpha value is -2.42. The molecular formula is C15H21N7OS. The largest absolute Gasteiger partial charge is 0.350 e. The minimum absolute atomic E-state index is 0.0438. The smallest absolute Gasteiger partial charge is 0.246 e. The molecule has 1 saturated heterocycles. The van der Waals surface area contributed by atoms with E-state index in [9.17, 15) is 4.79 Å². The number of piperazine rings is 1. The van der Waals surface area contributed by atoms with E-state index in [4.69, 9.17) is 0 Å². The first kappa shape index (κ1) is 16.4. The molecule has 1 aliphatic heterocycles. The van der Waals surface area contributed by atoms with Gasteiger partial charge in [-0.2, -0.15) is 5.10 Å². The second-order valence-corrected chi connectivity index (χ2v) is 6.92. The molecule has 8 nitrogen and oxygen atoms in total. The van der Waals surface area contributed by atoms with Crippen molar-refractivity contribution in [2.75, 3.05) is 31.6 Å². The summed E-state index contributed by atoms with van der Waals surface area (Å²) < 4.78 is 1.70. The number of carbonyl (C=O) groups is 1. The van der Waals surface area contributed by atoms with Crippen LogP contribution in [0, 0.1) is 6.92 Å². The van der Waals surface area contributed by atoms with Gasteiger partial charge in [-0.3, -0.25) is 14.5 Å². The summed E-state index contributed by atoms with van der Waals surface area (Å²) in [6.07, 6.45) is 5.43. The summed E-state index contributed by atoms with van der Waals surface area (Å²) in [7, 11) is 3.57. The Kier molecular flexibility index (Phi) is 4.79. The Labute approximate surface area is 144 Å². The number of amides is 1. The highest BCUT2D eigenvalue weighted by Gasteiger charge is 2.27. The number of hydrogen-bond acceptors (Lipinski definition) is 5. The van der Waals surface area contributed by atoms with E-state index in [1.807, 2.05) is 31.3 Å². The van der Waals surface area contributed by atoms with Crippen LogP contribution in [-0.2, 0) is 18.4 Å². The lowest BCUT2D eigenvalue weighted by Crippen LogP contribution is -2.55. The lowest BCUT2D eigenvalue weighted by Gasteiger charge is -2.35. The summed E-state index contributed by atoms with van der Waals surface area (Å²) in [5.74, 6) is 0.768. The van der Waals surface area contributed by atoms with Crippen LogP contribution in [-0.4, -0.2) is 58.2 Å².